The number of rotatable bonds is 5. The molecule has 0 aliphatic carbocycles. The number of hydrogen-bond acceptors (Lipinski definition) is 4. The minimum atomic E-state index is 0.855. The highest BCUT2D eigenvalue weighted by atomic mass is 32.2. The average molecular weight is 197 g/mol. The third-order valence-corrected chi connectivity index (χ3v) is 2.29. The highest BCUT2D eigenvalue weighted by molar-refractivity contribution is 7.99. The summed E-state index contributed by atoms with van der Waals surface area (Å²) in [7, 11) is 0. The molecule has 13 heavy (non-hydrogen) atoms. The van der Waals surface area contributed by atoms with Crippen LogP contribution in [0.15, 0.2) is 17.6 Å². The van der Waals surface area contributed by atoms with Gasteiger partial charge in [0.05, 0.1) is 0 Å². The lowest BCUT2D eigenvalue weighted by Gasteiger charge is -2.01. The first-order valence-corrected chi connectivity index (χ1v) is 5.49. The Hall–Kier alpha value is -0.610. The summed E-state index contributed by atoms with van der Waals surface area (Å²) in [5, 5.41) is 4.09. The zero-order valence-electron chi connectivity index (χ0n) is 8.08. The molecule has 0 aliphatic rings. The van der Waals surface area contributed by atoms with Crippen molar-refractivity contribution in [1.29, 1.82) is 0 Å². The minimum absolute atomic E-state index is 0.855. The molecule has 0 bridgehead atoms. The molecule has 0 fully saturated rings. The van der Waals surface area contributed by atoms with Gasteiger partial charge in [-0.3, -0.25) is 0 Å². The van der Waals surface area contributed by atoms with Crippen LogP contribution in [0.25, 0.3) is 0 Å². The zero-order valence-corrected chi connectivity index (χ0v) is 8.90. The van der Waals surface area contributed by atoms with Crippen molar-refractivity contribution in [2.75, 3.05) is 12.3 Å². The summed E-state index contributed by atoms with van der Waals surface area (Å²) in [5.41, 5.74) is 1.14. The SMILES string of the molecule is CCNCc1cnc(SCC)nc1. The molecular weight excluding hydrogens is 182 g/mol. The summed E-state index contributed by atoms with van der Waals surface area (Å²) in [5.74, 6) is 1.02. The number of nitrogens with one attached hydrogen (secondary N) is 1. The van der Waals surface area contributed by atoms with Gasteiger partial charge in [0.2, 0.25) is 0 Å². The van der Waals surface area contributed by atoms with Gasteiger partial charge in [0, 0.05) is 24.5 Å². The molecule has 0 atom stereocenters. The van der Waals surface area contributed by atoms with Crippen LogP contribution < -0.4 is 5.32 Å². The van der Waals surface area contributed by atoms with Crippen molar-refractivity contribution in [3.05, 3.63) is 18.0 Å². The molecule has 0 unspecified atom stereocenters. The fraction of sp³-hybridized carbons (Fsp3) is 0.556. The van der Waals surface area contributed by atoms with Gasteiger partial charge >= 0.3 is 0 Å². The van der Waals surface area contributed by atoms with Crippen LogP contribution in [0.2, 0.25) is 0 Å². The Morgan fingerprint density at radius 3 is 2.54 bits per heavy atom. The van der Waals surface area contributed by atoms with Gasteiger partial charge in [0.15, 0.2) is 5.16 Å². The molecule has 1 rings (SSSR count). The quantitative estimate of drug-likeness (QED) is 0.576. The maximum atomic E-state index is 4.23. The Labute approximate surface area is 83.4 Å². The van der Waals surface area contributed by atoms with E-state index in [-0.39, 0.29) is 0 Å². The van der Waals surface area contributed by atoms with E-state index in [0.29, 0.717) is 0 Å². The molecule has 0 saturated heterocycles. The van der Waals surface area contributed by atoms with Crippen LogP contribution >= 0.6 is 11.8 Å². The lowest BCUT2D eigenvalue weighted by atomic mass is 10.3. The highest BCUT2D eigenvalue weighted by Crippen LogP contribution is 2.10. The predicted molar refractivity (Wildman–Crippen MR) is 55.8 cm³/mol. The molecule has 0 radical (unpaired) electrons. The van der Waals surface area contributed by atoms with Crippen LogP contribution in [0.1, 0.15) is 19.4 Å². The number of nitrogens with zero attached hydrogens (tertiary/aromatic N) is 2. The normalized spacial score (nSPS) is 10.3. The molecule has 0 spiro atoms. The Kier molecular flexibility index (Phi) is 4.78. The van der Waals surface area contributed by atoms with Gasteiger partial charge in [-0.15, -0.1) is 0 Å². The van der Waals surface area contributed by atoms with Gasteiger partial charge in [0.25, 0.3) is 0 Å². The molecule has 72 valence electrons. The lowest BCUT2D eigenvalue weighted by molar-refractivity contribution is 0.716. The molecule has 1 aromatic heterocycles. The molecule has 1 aromatic rings. The lowest BCUT2D eigenvalue weighted by Crippen LogP contribution is -2.12. The monoisotopic (exact) mass is 197 g/mol. The van der Waals surface area contributed by atoms with Gasteiger partial charge in [-0.05, 0) is 12.3 Å². The molecule has 4 heteroatoms. The number of thioether (sulfide) groups is 1. The summed E-state index contributed by atoms with van der Waals surface area (Å²) in [6, 6.07) is 0. The molecule has 3 nitrogen and oxygen atoms in total. The van der Waals surface area contributed by atoms with E-state index < -0.39 is 0 Å². The van der Waals surface area contributed by atoms with E-state index >= 15 is 0 Å². The molecule has 1 N–H and O–H groups in total. The third-order valence-electron chi connectivity index (χ3n) is 1.53. The van der Waals surface area contributed by atoms with Gasteiger partial charge in [-0.25, -0.2) is 9.97 Å². The van der Waals surface area contributed by atoms with Crippen LogP contribution in [0.4, 0.5) is 0 Å². The largest absolute Gasteiger partial charge is 0.313 e. The van der Waals surface area contributed by atoms with Crippen LogP contribution in [0, 0.1) is 0 Å². The summed E-state index contributed by atoms with van der Waals surface area (Å²) in [6.07, 6.45) is 3.77. The summed E-state index contributed by atoms with van der Waals surface area (Å²) in [4.78, 5) is 8.47. The second-order valence-electron chi connectivity index (χ2n) is 2.59. The Morgan fingerprint density at radius 2 is 2.00 bits per heavy atom. The molecule has 0 aromatic carbocycles. The van der Waals surface area contributed by atoms with Crippen LogP contribution in [0.3, 0.4) is 0 Å². The van der Waals surface area contributed by atoms with E-state index in [1.807, 2.05) is 12.4 Å². The third kappa shape index (κ3) is 3.74. The second kappa shape index (κ2) is 5.94. The summed E-state index contributed by atoms with van der Waals surface area (Å²) < 4.78 is 0. The molecule has 0 saturated carbocycles. The van der Waals surface area contributed by atoms with Gasteiger partial charge in [-0.2, -0.15) is 0 Å². The van der Waals surface area contributed by atoms with E-state index in [2.05, 4.69) is 29.1 Å². The first-order valence-electron chi connectivity index (χ1n) is 4.51. The molecular formula is C9H15N3S. The minimum Gasteiger partial charge on any atom is -0.313 e. The number of hydrogen-bond donors (Lipinski definition) is 1. The fourth-order valence-electron chi connectivity index (χ4n) is 0.907. The van der Waals surface area contributed by atoms with E-state index in [1.165, 1.54) is 0 Å². The maximum Gasteiger partial charge on any atom is 0.187 e. The average Bonchev–Trinajstić information content (AvgIpc) is 2.17. The van der Waals surface area contributed by atoms with E-state index in [4.69, 9.17) is 0 Å². The van der Waals surface area contributed by atoms with Crippen LogP contribution in [-0.4, -0.2) is 22.3 Å². The topological polar surface area (TPSA) is 37.8 Å². The second-order valence-corrected chi connectivity index (χ2v) is 3.82. The van der Waals surface area contributed by atoms with E-state index in [1.54, 1.807) is 11.8 Å². The van der Waals surface area contributed by atoms with Crippen molar-refractivity contribution >= 4 is 11.8 Å². The zero-order chi connectivity index (χ0) is 9.52. The van der Waals surface area contributed by atoms with Crippen LogP contribution in [-0.2, 0) is 6.54 Å². The molecule has 1 heterocycles. The van der Waals surface area contributed by atoms with Crippen molar-refractivity contribution in [1.82, 2.24) is 15.3 Å². The van der Waals surface area contributed by atoms with E-state index in [0.717, 1.165) is 29.6 Å². The maximum absolute atomic E-state index is 4.23. The Bertz CT molecular complexity index is 235. The van der Waals surface area contributed by atoms with E-state index in [9.17, 15) is 0 Å². The molecule has 0 aliphatic heterocycles. The van der Waals surface area contributed by atoms with Crippen molar-refractivity contribution in [3.8, 4) is 0 Å². The van der Waals surface area contributed by atoms with Gasteiger partial charge in [-0.1, -0.05) is 25.6 Å². The number of aromatic nitrogens is 2. The van der Waals surface area contributed by atoms with Crippen molar-refractivity contribution in [2.24, 2.45) is 0 Å². The van der Waals surface area contributed by atoms with Gasteiger partial charge < -0.3 is 5.32 Å². The smallest absolute Gasteiger partial charge is 0.187 e. The predicted octanol–water partition coefficient (Wildman–Crippen LogP) is 1.70. The highest BCUT2D eigenvalue weighted by Gasteiger charge is 1.96. The van der Waals surface area contributed by atoms with Crippen molar-refractivity contribution < 1.29 is 0 Å². The summed E-state index contributed by atoms with van der Waals surface area (Å²) >= 11 is 1.67. The first kappa shape index (κ1) is 10.5. The first-order chi connectivity index (χ1) is 6.36. The van der Waals surface area contributed by atoms with Gasteiger partial charge in [0.1, 0.15) is 0 Å². The van der Waals surface area contributed by atoms with Crippen molar-refractivity contribution in [3.63, 3.8) is 0 Å². The summed E-state index contributed by atoms with van der Waals surface area (Å²) in [6.45, 7) is 6.02. The Morgan fingerprint density at radius 1 is 1.31 bits per heavy atom. The standard InChI is InChI=1S/C9H15N3S/c1-3-10-5-8-6-11-9(12-7-8)13-4-2/h6-7,10H,3-5H2,1-2H3. The molecule has 0 amide bonds. The van der Waals surface area contributed by atoms with Crippen molar-refractivity contribution in [2.45, 2.75) is 25.5 Å². The Balaban J connectivity index is 2.48. The van der Waals surface area contributed by atoms with Crippen LogP contribution in [0.5, 0.6) is 0 Å². The fourth-order valence-corrected chi connectivity index (χ4v) is 1.42.